The van der Waals surface area contributed by atoms with Crippen molar-refractivity contribution < 1.29 is 23.1 Å². The van der Waals surface area contributed by atoms with Gasteiger partial charge in [-0.1, -0.05) is 18.2 Å². The number of rotatable bonds is 4. The number of phenolic OH excluding ortho intramolecular Hbond substituents is 1. The van der Waals surface area contributed by atoms with Crippen LogP contribution in [0.15, 0.2) is 64.7 Å². The van der Waals surface area contributed by atoms with Crippen LogP contribution in [0.25, 0.3) is 0 Å². The van der Waals surface area contributed by atoms with E-state index in [-0.39, 0.29) is 17.2 Å². The quantitative estimate of drug-likeness (QED) is 0.833. The number of aromatic hydroxyl groups is 1. The van der Waals surface area contributed by atoms with E-state index in [1.165, 1.54) is 32.4 Å². The predicted octanol–water partition coefficient (Wildman–Crippen LogP) is 1.90. The van der Waals surface area contributed by atoms with Crippen LogP contribution in [0.3, 0.4) is 0 Å². The highest BCUT2D eigenvalue weighted by Gasteiger charge is 2.30. The number of benzene rings is 2. The smallest absolute Gasteiger partial charge is 0.345 e. The number of hydrogen-bond acceptors (Lipinski definition) is 5. The number of para-hydroxylation sites is 1. The molecule has 0 aliphatic carbocycles. The third-order valence-corrected chi connectivity index (χ3v) is 5.21. The Labute approximate surface area is 156 Å². The Morgan fingerprint density at radius 1 is 1.19 bits per heavy atom. The fourth-order valence-corrected chi connectivity index (χ4v) is 3.43. The summed E-state index contributed by atoms with van der Waals surface area (Å²) in [5, 5.41) is 12.1. The zero-order chi connectivity index (χ0) is 19.6. The first kappa shape index (κ1) is 18.5. The van der Waals surface area contributed by atoms with E-state index in [1.807, 2.05) is 0 Å². The predicted molar refractivity (Wildman–Crippen MR) is 101 cm³/mol. The van der Waals surface area contributed by atoms with Gasteiger partial charge in [-0.2, -0.15) is 8.42 Å². The van der Waals surface area contributed by atoms with Crippen molar-refractivity contribution in [3.63, 3.8) is 0 Å². The SMILES string of the molecule is COc1ccccc1C1=NS(=O)(=O)N(C)C(C(=O)Nc2cccc(O)c2)=C1. The Morgan fingerprint density at radius 3 is 2.63 bits per heavy atom. The van der Waals surface area contributed by atoms with Gasteiger partial charge in [0.25, 0.3) is 5.91 Å². The monoisotopic (exact) mass is 387 g/mol. The molecule has 1 heterocycles. The number of allylic oxidation sites excluding steroid dienone is 1. The van der Waals surface area contributed by atoms with Crippen molar-refractivity contribution in [3.05, 3.63) is 65.9 Å². The molecule has 140 valence electrons. The Balaban J connectivity index is 2.02. The molecule has 1 aliphatic rings. The van der Waals surface area contributed by atoms with E-state index >= 15 is 0 Å². The fourth-order valence-electron chi connectivity index (χ4n) is 2.53. The molecule has 27 heavy (non-hydrogen) atoms. The van der Waals surface area contributed by atoms with Gasteiger partial charge >= 0.3 is 10.2 Å². The number of likely N-dealkylation sites (N-methyl/N-ethyl adjacent to an activating group) is 1. The highest BCUT2D eigenvalue weighted by atomic mass is 32.2. The molecule has 9 heteroatoms. The first-order chi connectivity index (χ1) is 12.8. The first-order valence-electron chi connectivity index (χ1n) is 7.86. The summed E-state index contributed by atoms with van der Waals surface area (Å²) in [6.07, 6.45) is 1.37. The van der Waals surface area contributed by atoms with Gasteiger partial charge in [-0.25, -0.2) is 4.31 Å². The van der Waals surface area contributed by atoms with E-state index in [4.69, 9.17) is 4.74 Å². The molecule has 1 amide bonds. The van der Waals surface area contributed by atoms with Crippen molar-refractivity contribution in [2.45, 2.75) is 0 Å². The van der Waals surface area contributed by atoms with E-state index < -0.39 is 16.1 Å². The molecule has 0 bridgehead atoms. The minimum Gasteiger partial charge on any atom is -0.508 e. The third kappa shape index (κ3) is 3.77. The van der Waals surface area contributed by atoms with Gasteiger partial charge in [0.15, 0.2) is 0 Å². The number of carbonyl (C=O) groups is 1. The number of carbonyl (C=O) groups excluding carboxylic acids is 1. The topological polar surface area (TPSA) is 108 Å². The van der Waals surface area contributed by atoms with E-state index in [1.54, 1.807) is 36.4 Å². The molecule has 0 saturated heterocycles. The van der Waals surface area contributed by atoms with Crippen molar-refractivity contribution in [1.82, 2.24) is 4.31 Å². The molecule has 1 aliphatic heterocycles. The molecule has 0 spiro atoms. The number of nitrogens with one attached hydrogen (secondary N) is 1. The van der Waals surface area contributed by atoms with Crippen LogP contribution < -0.4 is 10.1 Å². The van der Waals surface area contributed by atoms with Gasteiger partial charge in [0, 0.05) is 24.4 Å². The summed E-state index contributed by atoms with van der Waals surface area (Å²) >= 11 is 0. The number of hydrogen-bond donors (Lipinski definition) is 2. The molecule has 0 atom stereocenters. The van der Waals surface area contributed by atoms with Crippen LogP contribution in [-0.2, 0) is 15.0 Å². The lowest BCUT2D eigenvalue weighted by Crippen LogP contribution is -2.35. The highest BCUT2D eigenvalue weighted by molar-refractivity contribution is 7.88. The van der Waals surface area contributed by atoms with Gasteiger partial charge in [-0.15, -0.1) is 4.40 Å². The van der Waals surface area contributed by atoms with Crippen molar-refractivity contribution in [1.29, 1.82) is 0 Å². The van der Waals surface area contributed by atoms with Crippen molar-refractivity contribution >= 4 is 27.5 Å². The van der Waals surface area contributed by atoms with Gasteiger partial charge in [0.2, 0.25) is 0 Å². The standard InChI is InChI=1S/C18H17N3O5S/c1-21-16(18(23)19-12-6-5-7-13(22)10-12)11-15(20-27(21,24)25)14-8-3-4-9-17(14)26-2/h3-11,22H,1-2H3,(H,19,23). The lowest BCUT2D eigenvalue weighted by atomic mass is 10.1. The second-order valence-corrected chi connectivity index (χ2v) is 7.28. The molecule has 2 aromatic rings. The van der Waals surface area contributed by atoms with Crippen molar-refractivity contribution in [3.8, 4) is 11.5 Å². The van der Waals surface area contributed by atoms with Crippen LogP contribution in [0.1, 0.15) is 5.56 Å². The largest absolute Gasteiger partial charge is 0.508 e. The number of phenols is 1. The average Bonchev–Trinajstić information content (AvgIpc) is 2.63. The van der Waals surface area contributed by atoms with E-state index in [2.05, 4.69) is 9.71 Å². The molecule has 3 rings (SSSR count). The summed E-state index contributed by atoms with van der Waals surface area (Å²) in [7, 11) is -1.39. The normalized spacial score (nSPS) is 15.6. The lowest BCUT2D eigenvalue weighted by Gasteiger charge is -2.24. The second-order valence-electron chi connectivity index (χ2n) is 5.66. The zero-order valence-electron chi connectivity index (χ0n) is 14.6. The maximum absolute atomic E-state index is 12.7. The molecule has 8 nitrogen and oxygen atoms in total. The number of methoxy groups -OCH3 is 1. The van der Waals surface area contributed by atoms with Crippen LogP contribution >= 0.6 is 0 Å². The van der Waals surface area contributed by atoms with Crippen LogP contribution in [-0.4, -0.2) is 43.6 Å². The van der Waals surface area contributed by atoms with Gasteiger partial charge in [0.05, 0.1) is 12.8 Å². The Kier molecular flexibility index (Phi) is 4.87. The minimum atomic E-state index is -4.09. The van der Waals surface area contributed by atoms with Crippen LogP contribution in [0.4, 0.5) is 5.69 Å². The molecule has 2 aromatic carbocycles. The molecule has 0 unspecified atom stereocenters. The molecular formula is C18H17N3O5S. The molecule has 2 N–H and O–H groups in total. The van der Waals surface area contributed by atoms with E-state index in [0.29, 0.717) is 17.0 Å². The Hall–Kier alpha value is -3.33. The van der Waals surface area contributed by atoms with Gasteiger partial charge in [0.1, 0.15) is 17.2 Å². The highest BCUT2D eigenvalue weighted by Crippen LogP contribution is 2.26. The maximum atomic E-state index is 12.7. The number of amides is 1. The minimum absolute atomic E-state index is 0.0253. The first-order valence-corrected chi connectivity index (χ1v) is 9.26. The molecule has 0 radical (unpaired) electrons. The number of nitrogens with zero attached hydrogens (tertiary/aromatic N) is 2. The van der Waals surface area contributed by atoms with Crippen LogP contribution in [0, 0.1) is 0 Å². The van der Waals surface area contributed by atoms with Crippen molar-refractivity contribution in [2.75, 3.05) is 19.5 Å². The fraction of sp³-hybridized carbons (Fsp3) is 0.111. The van der Waals surface area contributed by atoms with Gasteiger partial charge in [-0.3, -0.25) is 4.79 Å². The van der Waals surface area contributed by atoms with E-state index in [0.717, 1.165) is 4.31 Å². The molecule has 0 fully saturated rings. The summed E-state index contributed by atoms with van der Waals surface area (Å²) in [6.45, 7) is 0. The summed E-state index contributed by atoms with van der Waals surface area (Å²) < 4.78 is 34.7. The van der Waals surface area contributed by atoms with E-state index in [9.17, 15) is 18.3 Å². The lowest BCUT2D eigenvalue weighted by molar-refractivity contribution is -0.113. The second kappa shape index (κ2) is 7.12. The Morgan fingerprint density at radius 2 is 1.93 bits per heavy atom. The molecule has 0 aromatic heterocycles. The number of ether oxygens (including phenoxy) is 1. The van der Waals surface area contributed by atoms with Crippen LogP contribution in [0.2, 0.25) is 0 Å². The van der Waals surface area contributed by atoms with Crippen molar-refractivity contribution in [2.24, 2.45) is 4.40 Å². The summed E-state index contributed by atoms with van der Waals surface area (Å²) in [4.78, 5) is 12.7. The number of anilines is 1. The summed E-state index contributed by atoms with van der Waals surface area (Å²) in [6, 6.07) is 12.7. The van der Waals surface area contributed by atoms with Gasteiger partial charge < -0.3 is 15.2 Å². The summed E-state index contributed by atoms with van der Waals surface area (Å²) in [5.74, 6) is -0.253. The summed E-state index contributed by atoms with van der Waals surface area (Å²) in [5.41, 5.74) is 0.744. The zero-order valence-corrected chi connectivity index (χ0v) is 15.4. The Bertz CT molecular complexity index is 1060. The average molecular weight is 387 g/mol. The molecule has 0 saturated carbocycles. The molecular weight excluding hydrogens is 370 g/mol. The van der Waals surface area contributed by atoms with Crippen LogP contribution in [0.5, 0.6) is 11.5 Å². The third-order valence-electron chi connectivity index (χ3n) is 3.89. The van der Waals surface area contributed by atoms with Gasteiger partial charge in [-0.05, 0) is 30.3 Å². The maximum Gasteiger partial charge on any atom is 0.345 e.